The Bertz CT molecular complexity index is 315. The van der Waals surface area contributed by atoms with Crippen molar-refractivity contribution in [1.82, 2.24) is 5.32 Å². The summed E-state index contributed by atoms with van der Waals surface area (Å²) >= 11 is 0. The van der Waals surface area contributed by atoms with Crippen molar-refractivity contribution in [2.45, 2.75) is 57.8 Å². The molecule has 4 heteroatoms. The molecule has 0 aliphatic heterocycles. The lowest BCUT2D eigenvalue weighted by atomic mass is 9.82. The van der Waals surface area contributed by atoms with Gasteiger partial charge in [0.2, 0.25) is 5.91 Å². The van der Waals surface area contributed by atoms with E-state index in [-0.39, 0.29) is 17.7 Å². The molecule has 0 aromatic carbocycles. The van der Waals surface area contributed by atoms with E-state index in [0.717, 1.165) is 45.1 Å². The summed E-state index contributed by atoms with van der Waals surface area (Å²) in [5.74, 6) is 0.0993. The third kappa shape index (κ3) is 4.22. The topological polar surface area (TPSA) is 66.4 Å². The Morgan fingerprint density at radius 1 is 0.895 bits per heavy atom. The van der Waals surface area contributed by atoms with Crippen LogP contribution in [0.5, 0.6) is 0 Å². The van der Waals surface area contributed by atoms with Gasteiger partial charge in [-0.05, 0) is 44.4 Å². The zero-order valence-electron chi connectivity index (χ0n) is 11.6. The molecule has 2 N–H and O–H groups in total. The van der Waals surface area contributed by atoms with Crippen LogP contribution < -0.4 is 5.32 Å². The predicted molar refractivity (Wildman–Crippen MR) is 72.7 cm³/mol. The van der Waals surface area contributed by atoms with Gasteiger partial charge >= 0.3 is 5.97 Å². The van der Waals surface area contributed by atoms with E-state index >= 15 is 0 Å². The van der Waals surface area contributed by atoms with E-state index in [0.29, 0.717) is 5.92 Å². The first-order chi connectivity index (χ1) is 9.16. The van der Waals surface area contributed by atoms with Gasteiger partial charge < -0.3 is 10.4 Å². The van der Waals surface area contributed by atoms with Gasteiger partial charge in [-0.15, -0.1) is 0 Å². The van der Waals surface area contributed by atoms with E-state index in [4.69, 9.17) is 5.11 Å². The van der Waals surface area contributed by atoms with E-state index in [1.807, 2.05) is 0 Å². The van der Waals surface area contributed by atoms with E-state index in [9.17, 15) is 9.59 Å². The second kappa shape index (κ2) is 6.92. The molecule has 0 radical (unpaired) electrons. The molecule has 0 saturated heterocycles. The average molecular weight is 267 g/mol. The van der Waals surface area contributed by atoms with Gasteiger partial charge in [0.1, 0.15) is 0 Å². The number of carbonyl (C=O) groups is 2. The molecule has 2 aliphatic rings. The van der Waals surface area contributed by atoms with Crippen LogP contribution in [-0.4, -0.2) is 23.5 Å². The lowest BCUT2D eigenvalue weighted by Crippen LogP contribution is -2.36. The number of hydrogen-bond acceptors (Lipinski definition) is 2. The number of nitrogens with one attached hydrogen (secondary N) is 1. The van der Waals surface area contributed by atoms with E-state index < -0.39 is 5.97 Å². The second-order valence-electron chi connectivity index (χ2n) is 6.14. The molecule has 2 saturated carbocycles. The lowest BCUT2D eigenvalue weighted by Gasteiger charge is -2.27. The molecular weight excluding hydrogens is 242 g/mol. The Labute approximate surface area is 115 Å². The highest BCUT2D eigenvalue weighted by Crippen LogP contribution is 2.29. The van der Waals surface area contributed by atoms with Crippen molar-refractivity contribution >= 4 is 11.9 Å². The van der Waals surface area contributed by atoms with E-state index in [2.05, 4.69) is 5.32 Å². The average Bonchev–Trinajstić information content (AvgIpc) is 2.46. The molecule has 0 atom stereocenters. The Balaban J connectivity index is 1.66. The molecule has 1 amide bonds. The Kier molecular flexibility index (Phi) is 5.23. The van der Waals surface area contributed by atoms with Gasteiger partial charge in [-0.1, -0.05) is 19.3 Å². The first-order valence-electron chi connectivity index (χ1n) is 7.67. The molecule has 0 spiro atoms. The standard InChI is InChI=1S/C15H25NO3/c17-14(12-4-2-1-3-5-12)16-10-11-6-8-13(9-7-11)15(18)19/h11-13H,1-10H2,(H,16,17)(H,18,19). The van der Waals surface area contributed by atoms with Crippen LogP contribution >= 0.6 is 0 Å². The van der Waals surface area contributed by atoms with Crippen molar-refractivity contribution in [1.29, 1.82) is 0 Å². The Hall–Kier alpha value is -1.06. The maximum Gasteiger partial charge on any atom is 0.306 e. The van der Waals surface area contributed by atoms with Gasteiger partial charge in [-0.25, -0.2) is 0 Å². The van der Waals surface area contributed by atoms with Crippen LogP contribution in [0.4, 0.5) is 0 Å². The number of rotatable bonds is 4. The van der Waals surface area contributed by atoms with Crippen molar-refractivity contribution in [3.05, 3.63) is 0 Å². The molecule has 2 aliphatic carbocycles. The smallest absolute Gasteiger partial charge is 0.306 e. The molecule has 2 rings (SSSR count). The SMILES string of the molecule is O=C(O)C1CCC(CNC(=O)C2CCCCC2)CC1. The monoisotopic (exact) mass is 267 g/mol. The van der Waals surface area contributed by atoms with Gasteiger partial charge in [0, 0.05) is 12.5 Å². The van der Waals surface area contributed by atoms with Crippen LogP contribution in [0.25, 0.3) is 0 Å². The van der Waals surface area contributed by atoms with E-state index in [1.165, 1.54) is 19.3 Å². The second-order valence-corrected chi connectivity index (χ2v) is 6.14. The highest BCUT2D eigenvalue weighted by Gasteiger charge is 2.27. The first-order valence-corrected chi connectivity index (χ1v) is 7.67. The largest absolute Gasteiger partial charge is 0.481 e. The van der Waals surface area contributed by atoms with Gasteiger partial charge in [-0.3, -0.25) is 9.59 Å². The normalized spacial score (nSPS) is 28.8. The maximum atomic E-state index is 12.0. The zero-order chi connectivity index (χ0) is 13.7. The third-order valence-electron chi connectivity index (χ3n) is 4.74. The van der Waals surface area contributed by atoms with Gasteiger partial charge in [0.05, 0.1) is 5.92 Å². The summed E-state index contributed by atoms with van der Waals surface area (Å²) in [5, 5.41) is 12.0. The molecule has 0 aromatic rings. The van der Waals surface area contributed by atoms with Crippen molar-refractivity contribution < 1.29 is 14.7 Å². The van der Waals surface area contributed by atoms with Gasteiger partial charge in [0.15, 0.2) is 0 Å². The fraction of sp³-hybridized carbons (Fsp3) is 0.867. The molecule has 4 nitrogen and oxygen atoms in total. The number of aliphatic carboxylic acids is 1. The molecule has 0 bridgehead atoms. The van der Waals surface area contributed by atoms with Crippen LogP contribution in [0.1, 0.15) is 57.8 Å². The van der Waals surface area contributed by atoms with Crippen LogP contribution in [-0.2, 0) is 9.59 Å². The molecule has 0 aromatic heterocycles. The summed E-state index contributed by atoms with van der Waals surface area (Å²) in [5.41, 5.74) is 0. The molecular formula is C15H25NO3. The quantitative estimate of drug-likeness (QED) is 0.822. The number of hydrogen-bond donors (Lipinski definition) is 2. The summed E-state index contributed by atoms with van der Waals surface area (Å²) in [7, 11) is 0. The van der Waals surface area contributed by atoms with Crippen molar-refractivity contribution in [2.75, 3.05) is 6.54 Å². The number of amides is 1. The summed E-state index contributed by atoms with van der Waals surface area (Å²) in [4.78, 5) is 22.9. The van der Waals surface area contributed by atoms with Crippen LogP contribution in [0.2, 0.25) is 0 Å². The van der Waals surface area contributed by atoms with Crippen molar-refractivity contribution in [3.8, 4) is 0 Å². The minimum atomic E-state index is -0.662. The summed E-state index contributed by atoms with van der Waals surface area (Å²) in [6.45, 7) is 0.738. The predicted octanol–water partition coefficient (Wildman–Crippen LogP) is 2.57. The Morgan fingerprint density at radius 3 is 2.11 bits per heavy atom. The highest BCUT2D eigenvalue weighted by molar-refractivity contribution is 5.78. The number of carbonyl (C=O) groups excluding carboxylic acids is 1. The summed E-state index contributed by atoms with van der Waals surface area (Å²) in [6, 6.07) is 0. The maximum absolute atomic E-state index is 12.0. The Morgan fingerprint density at radius 2 is 1.53 bits per heavy atom. The van der Waals surface area contributed by atoms with E-state index in [1.54, 1.807) is 0 Å². The van der Waals surface area contributed by atoms with Gasteiger partial charge in [0.25, 0.3) is 0 Å². The van der Waals surface area contributed by atoms with Crippen LogP contribution in [0.15, 0.2) is 0 Å². The van der Waals surface area contributed by atoms with Crippen molar-refractivity contribution in [3.63, 3.8) is 0 Å². The molecule has 0 heterocycles. The minimum Gasteiger partial charge on any atom is -0.481 e. The third-order valence-corrected chi connectivity index (χ3v) is 4.74. The summed E-state index contributed by atoms with van der Waals surface area (Å²) < 4.78 is 0. The molecule has 19 heavy (non-hydrogen) atoms. The van der Waals surface area contributed by atoms with Gasteiger partial charge in [-0.2, -0.15) is 0 Å². The first kappa shape index (κ1) is 14.4. The lowest BCUT2D eigenvalue weighted by molar-refractivity contribution is -0.143. The van der Waals surface area contributed by atoms with Crippen LogP contribution in [0.3, 0.4) is 0 Å². The van der Waals surface area contributed by atoms with Crippen molar-refractivity contribution in [2.24, 2.45) is 17.8 Å². The highest BCUT2D eigenvalue weighted by atomic mass is 16.4. The summed E-state index contributed by atoms with van der Waals surface area (Å²) in [6.07, 6.45) is 9.10. The van der Waals surface area contributed by atoms with Crippen LogP contribution in [0, 0.1) is 17.8 Å². The fourth-order valence-electron chi connectivity index (χ4n) is 3.37. The molecule has 0 unspecified atom stereocenters. The molecule has 108 valence electrons. The molecule has 2 fully saturated rings. The zero-order valence-corrected chi connectivity index (χ0v) is 11.6. The fourth-order valence-corrected chi connectivity index (χ4v) is 3.37. The number of carboxylic acid groups (broad SMARTS) is 1. The minimum absolute atomic E-state index is 0.162. The number of carboxylic acids is 1.